The third-order valence-corrected chi connectivity index (χ3v) is 5.80. The van der Waals surface area contributed by atoms with Crippen molar-refractivity contribution in [1.29, 1.82) is 0 Å². The van der Waals surface area contributed by atoms with Crippen LogP contribution in [0.15, 0.2) is 42.5 Å². The number of hydrogen-bond donors (Lipinski definition) is 2. The predicted octanol–water partition coefficient (Wildman–Crippen LogP) is 4.76. The van der Waals surface area contributed by atoms with Crippen molar-refractivity contribution in [2.75, 3.05) is 11.9 Å². The second kappa shape index (κ2) is 8.54. The molecule has 0 radical (unpaired) electrons. The fourth-order valence-corrected chi connectivity index (χ4v) is 3.84. The topological polar surface area (TPSA) is 71.1 Å². The van der Waals surface area contributed by atoms with E-state index in [9.17, 15) is 9.59 Å². The summed E-state index contributed by atoms with van der Waals surface area (Å²) in [7, 11) is 0. The smallest absolute Gasteiger partial charge is 0.263 e. The minimum absolute atomic E-state index is 0.115. The molecule has 0 saturated carbocycles. The number of carbonyl (C=O) groups excluding carboxylic acids is 2. The maximum Gasteiger partial charge on any atom is 0.263 e. The molecule has 144 valence electrons. The standard InChI is InChI=1S/C21H20ClN3O2S/c1-12-6-4-9-17(13(12)2)25-18(26)11-23-20(27)19-14(3)24-21(28-19)15-7-5-8-16(22)10-15/h4-10H,11H2,1-3H3,(H,23,27)(H,25,26). The number of nitrogens with one attached hydrogen (secondary N) is 2. The van der Waals surface area contributed by atoms with E-state index in [0.717, 1.165) is 22.4 Å². The Bertz CT molecular complexity index is 1050. The highest BCUT2D eigenvalue weighted by Gasteiger charge is 2.17. The predicted molar refractivity (Wildman–Crippen MR) is 114 cm³/mol. The van der Waals surface area contributed by atoms with Gasteiger partial charge in [0.25, 0.3) is 5.91 Å². The number of halogens is 1. The molecule has 2 N–H and O–H groups in total. The molecule has 0 aliphatic rings. The van der Waals surface area contributed by atoms with Crippen molar-refractivity contribution >= 4 is 40.4 Å². The van der Waals surface area contributed by atoms with Crippen LogP contribution >= 0.6 is 22.9 Å². The molecule has 1 aromatic heterocycles. The first-order valence-electron chi connectivity index (χ1n) is 8.73. The number of aromatic nitrogens is 1. The van der Waals surface area contributed by atoms with Crippen molar-refractivity contribution in [3.05, 3.63) is 69.2 Å². The van der Waals surface area contributed by atoms with Gasteiger partial charge in [-0.15, -0.1) is 11.3 Å². The van der Waals surface area contributed by atoms with Crippen LogP contribution in [0.5, 0.6) is 0 Å². The van der Waals surface area contributed by atoms with Gasteiger partial charge in [-0.3, -0.25) is 9.59 Å². The van der Waals surface area contributed by atoms with Gasteiger partial charge in [0.05, 0.1) is 12.2 Å². The summed E-state index contributed by atoms with van der Waals surface area (Å²) >= 11 is 7.30. The molecule has 0 unspecified atom stereocenters. The minimum atomic E-state index is -0.320. The van der Waals surface area contributed by atoms with Gasteiger partial charge >= 0.3 is 0 Å². The first-order chi connectivity index (χ1) is 13.3. The van der Waals surface area contributed by atoms with Gasteiger partial charge in [0, 0.05) is 16.3 Å². The zero-order chi connectivity index (χ0) is 20.3. The average molecular weight is 414 g/mol. The monoisotopic (exact) mass is 413 g/mol. The Labute approximate surface area is 172 Å². The lowest BCUT2D eigenvalue weighted by Gasteiger charge is -2.10. The summed E-state index contributed by atoms with van der Waals surface area (Å²) in [6.07, 6.45) is 0. The molecule has 0 saturated heterocycles. The molecule has 5 nitrogen and oxygen atoms in total. The van der Waals surface area contributed by atoms with Crippen LogP contribution in [-0.4, -0.2) is 23.3 Å². The van der Waals surface area contributed by atoms with Gasteiger partial charge in [-0.2, -0.15) is 0 Å². The lowest BCUT2D eigenvalue weighted by atomic mass is 10.1. The van der Waals surface area contributed by atoms with Crippen molar-refractivity contribution in [2.45, 2.75) is 20.8 Å². The van der Waals surface area contributed by atoms with E-state index in [0.29, 0.717) is 20.6 Å². The Kier molecular flexibility index (Phi) is 6.11. The Morgan fingerprint density at radius 3 is 2.61 bits per heavy atom. The Morgan fingerprint density at radius 2 is 1.86 bits per heavy atom. The van der Waals surface area contributed by atoms with Gasteiger partial charge < -0.3 is 10.6 Å². The molecule has 0 atom stereocenters. The number of benzene rings is 2. The van der Waals surface area contributed by atoms with E-state index in [4.69, 9.17) is 11.6 Å². The summed E-state index contributed by atoms with van der Waals surface area (Å²) < 4.78 is 0. The van der Waals surface area contributed by atoms with Crippen molar-refractivity contribution in [3.8, 4) is 10.6 Å². The molecular weight excluding hydrogens is 394 g/mol. The Morgan fingerprint density at radius 1 is 1.11 bits per heavy atom. The van der Waals surface area contributed by atoms with Crippen molar-refractivity contribution in [1.82, 2.24) is 10.3 Å². The molecule has 3 rings (SSSR count). The Hall–Kier alpha value is -2.70. The van der Waals surface area contributed by atoms with E-state index in [1.165, 1.54) is 11.3 Å². The lowest BCUT2D eigenvalue weighted by molar-refractivity contribution is -0.115. The van der Waals surface area contributed by atoms with Crippen LogP contribution in [0.25, 0.3) is 10.6 Å². The summed E-state index contributed by atoms with van der Waals surface area (Å²) in [5, 5.41) is 6.82. The van der Waals surface area contributed by atoms with Crippen LogP contribution in [0.4, 0.5) is 5.69 Å². The summed E-state index contributed by atoms with van der Waals surface area (Å²) in [6.45, 7) is 5.59. The summed E-state index contributed by atoms with van der Waals surface area (Å²) in [6, 6.07) is 13.0. The third kappa shape index (κ3) is 4.58. The zero-order valence-corrected chi connectivity index (χ0v) is 17.4. The molecule has 0 aliphatic heterocycles. The second-order valence-electron chi connectivity index (χ2n) is 6.42. The fraction of sp³-hybridized carbons (Fsp3) is 0.190. The first-order valence-corrected chi connectivity index (χ1v) is 9.92. The molecule has 0 bridgehead atoms. The maximum absolute atomic E-state index is 12.5. The highest BCUT2D eigenvalue weighted by Crippen LogP contribution is 2.29. The van der Waals surface area contributed by atoms with Crippen LogP contribution in [0.2, 0.25) is 5.02 Å². The molecule has 28 heavy (non-hydrogen) atoms. The molecular formula is C21H20ClN3O2S. The normalized spacial score (nSPS) is 10.6. The zero-order valence-electron chi connectivity index (χ0n) is 15.8. The van der Waals surface area contributed by atoms with E-state index in [1.54, 1.807) is 19.1 Å². The van der Waals surface area contributed by atoms with Crippen molar-refractivity contribution in [2.24, 2.45) is 0 Å². The highest BCUT2D eigenvalue weighted by atomic mass is 35.5. The molecule has 3 aromatic rings. The van der Waals surface area contributed by atoms with E-state index in [1.807, 2.05) is 44.2 Å². The maximum atomic E-state index is 12.5. The number of thiazole rings is 1. The molecule has 0 aliphatic carbocycles. The first kappa shape index (κ1) is 20.0. The molecule has 0 fully saturated rings. The number of amides is 2. The number of hydrogen-bond acceptors (Lipinski definition) is 4. The fourth-order valence-electron chi connectivity index (χ4n) is 2.67. The lowest BCUT2D eigenvalue weighted by Crippen LogP contribution is -2.32. The quantitative estimate of drug-likeness (QED) is 0.633. The molecule has 7 heteroatoms. The van der Waals surface area contributed by atoms with Crippen LogP contribution in [0.1, 0.15) is 26.5 Å². The average Bonchev–Trinajstić information content (AvgIpc) is 3.05. The molecule has 0 spiro atoms. The number of rotatable bonds is 5. The van der Waals surface area contributed by atoms with E-state index >= 15 is 0 Å². The van der Waals surface area contributed by atoms with E-state index in [2.05, 4.69) is 15.6 Å². The summed E-state index contributed by atoms with van der Waals surface area (Å²) in [4.78, 5) is 29.7. The van der Waals surface area contributed by atoms with Crippen LogP contribution in [0, 0.1) is 20.8 Å². The van der Waals surface area contributed by atoms with Crippen LogP contribution in [0.3, 0.4) is 0 Å². The minimum Gasteiger partial charge on any atom is -0.342 e. The van der Waals surface area contributed by atoms with Gasteiger partial charge in [-0.05, 0) is 50.1 Å². The highest BCUT2D eigenvalue weighted by molar-refractivity contribution is 7.17. The number of aryl methyl sites for hydroxylation is 2. The van der Waals surface area contributed by atoms with Gasteiger partial charge in [-0.25, -0.2) is 4.98 Å². The van der Waals surface area contributed by atoms with Gasteiger partial charge in [0.2, 0.25) is 5.91 Å². The SMILES string of the molecule is Cc1cccc(NC(=O)CNC(=O)c2sc(-c3cccc(Cl)c3)nc2C)c1C. The summed E-state index contributed by atoms with van der Waals surface area (Å²) in [5.41, 5.74) is 4.32. The van der Waals surface area contributed by atoms with Gasteiger partial charge in [0.15, 0.2) is 0 Å². The van der Waals surface area contributed by atoms with Crippen molar-refractivity contribution < 1.29 is 9.59 Å². The number of anilines is 1. The van der Waals surface area contributed by atoms with Crippen LogP contribution in [-0.2, 0) is 4.79 Å². The molecule has 1 heterocycles. The van der Waals surface area contributed by atoms with Gasteiger partial charge in [0.1, 0.15) is 9.88 Å². The van der Waals surface area contributed by atoms with Gasteiger partial charge in [-0.1, -0.05) is 35.9 Å². The molecule has 2 amide bonds. The molecule has 2 aromatic carbocycles. The largest absolute Gasteiger partial charge is 0.342 e. The van der Waals surface area contributed by atoms with E-state index < -0.39 is 0 Å². The third-order valence-electron chi connectivity index (χ3n) is 4.36. The summed E-state index contributed by atoms with van der Waals surface area (Å²) in [5.74, 6) is -0.598. The number of carbonyl (C=O) groups is 2. The van der Waals surface area contributed by atoms with E-state index in [-0.39, 0.29) is 18.4 Å². The Balaban J connectivity index is 1.65. The van der Waals surface area contributed by atoms with Crippen LogP contribution < -0.4 is 10.6 Å². The number of nitrogens with zero attached hydrogens (tertiary/aromatic N) is 1. The second-order valence-corrected chi connectivity index (χ2v) is 7.86. The van der Waals surface area contributed by atoms with Crippen molar-refractivity contribution in [3.63, 3.8) is 0 Å².